The molecule has 0 atom stereocenters. The van der Waals surface area contributed by atoms with Gasteiger partial charge in [-0.25, -0.2) is 4.57 Å². The molecule has 3 aromatic heterocycles. The average molecular weight is 491 g/mol. The lowest BCUT2D eigenvalue weighted by molar-refractivity contribution is -0.643. The number of pyridine rings is 2. The van der Waals surface area contributed by atoms with Crippen LogP contribution in [0.2, 0.25) is 0 Å². The number of aryl methyl sites for hydroxylation is 2. The fourth-order valence-electron chi connectivity index (χ4n) is 6.92. The van der Waals surface area contributed by atoms with Crippen molar-refractivity contribution >= 4 is 65.5 Å². The second-order valence-corrected chi connectivity index (χ2v) is 10.7. The van der Waals surface area contributed by atoms with Crippen molar-refractivity contribution in [3.63, 3.8) is 0 Å². The Balaban J connectivity index is 1.82. The molecule has 3 heteroatoms. The number of aromatic nitrogens is 2. The highest BCUT2D eigenvalue weighted by molar-refractivity contribution is 6.33. The van der Waals surface area contributed by atoms with Crippen LogP contribution >= 0.6 is 0 Å². The summed E-state index contributed by atoms with van der Waals surface area (Å²) in [7, 11) is 6.55. The van der Waals surface area contributed by atoms with Crippen LogP contribution in [-0.2, 0) is 7.05 Å². The molecule has 38 heavy (non-hydrogen) atoms. The molecule has 3 heterocycles. The second-order valence-electron chi connectivity index (χ2n) is 10.7. The summed E-state index contributed by atoms with van der Waals surface area (Å²) < 4.78 is 4.89. The largest absolute Gasteiger partial charge is 0.375 e. The summed E-state index contributed by atoms with van der Waals surface area (Å²) in [4.78, 5) is 2.30. The quantitative estimate of drug-likeness (QED) is 0.136. The molecule has 0 aliphatic rings. The van der Waals surface area contributed by atoms with E-state index in [2.05, 4.69) is 139 Å². The minimum Gasteiger partial charge on any atom is -0.375 e. The van der Waals surface area contributed by atoms with Crippen molar-refractivity contribution in [3.05, 3.63) is 103 Å². The number of nitrogens with zero attached hydrogens (tertiary/aromatic N) is 3. The van der Waals surface area contributed by atoms with Gasteiger partial charge in [0.25, 0.3) is 0 Å². The van der Waals surface area contributed by atoms with Crippen LogP contribution in [-0.4, -0.2) is 18.5 Å². The SMILES string of the molecule is Cc1c2ccccc2c(N(C)C)c2c1c1c3c(cc[n+]1C)cc(-c1ccccc1)c1c4ccccc4n2c13. The maximum absolute atomic E-state index is 2.57. The number of rotatable bonds is 2. The minimum atomic E-state index is 1.25. The van der Waals surface area contributed by atoms with Crippen LogP contribution in [0.5, 0.6) is 0 Å². The van der Waals surface area contributed by atoms with Crippen molar-refractivity contribution < 1.29 is 4.57 Å². The Bertz CT molecular complexity index is 2220. The molecular formula is C35H28N3+. The lowest BCUT2D eigenvalue weighted by Crippen LogP contribution is -2.29. The van der Waals surface area contributed by atoms with Gasteiger partial charge in [-0.2, -0.15) is 0 Å². The van der Waals surface area contributed by atoms with E-state index in [1.165, 1.54) is 82.1 Å². The van der Waals surface area contributed by atoms with E-state index in [4.69, 9.17) is 0 Å². The molecule has 0 radical (unpaired) electrons. The molecule has 0 bridgehead atoms. The Kier molecular flexibility index (Phi) is 4.21. The average Bonchev–Trinajstić information content (AvgIpc) is 3.29. The summed E-state index contributed by atoms with van der Waals surface area (Å²) >= 11 is 0. The summed E-state index contributed by atoms with van der Waals surface area (Å²) in [6.45, 7) is 2.30. The molecule has 0 unspecified atom stereocenters. The third-order valence-electron chi connectivity index (χ3n) is 8.45. The van der Waals surface area contributed by atoms with E-state index in [0.717, 1.165) is 0 Å². The molecule has 0 saturated carbocycles. The van der Waals surface area contributed by atoms with Crippen molar-refractivity contribution in [3.8, 4) is 11.1 Å². The fourth-order valence-corrected chi connectivity index (χ4v) is 6.92. The van der Waals surface area contributed by atoms with Gasteiger partial charge in [0.05, 0.1) is 33.0 Å². The topological polar surface area (TPSA) is 11.5 Å². The first-order valence-electron chi connectivity index (χ1n) is 13.2. The van der Waals surface area contributed by atoms with Crippen LogP contribution in [0.15, 0.2) is 97.2 Å². The van der Waals surface area contributed by atoms with Gasteiger partial charge < -0.3 is 9.30 Å². The molecule has 0 aliphatic heterocycles. The molecule has 0 spiro atoms. The van der Waals surface area contributed by atoms with Crippen LogP contribution < -0.4 is 9.47 Å². The third-order valence-corrected chi connectivity index (χ3v) is 8.45. The first kappa shape index (κ1) is 21.5. The summed E-state index contributed by atoms with van der Waals surface area (Å²) in [5, 5.41) is 9.15. The lowest BCUT2D eigenvalue weighted by atomic mass is 9.91. The van der Waals surface area contributed by atoms with E-state index in [9.17, 15) is 0 Å². The van der Waals surface area contributed by atoms with Gasteiger partial charge in [-0.1, -0.05) is 72.8 Å². The number of anilines is 1. The highest BCUT2D eigenvalue weighted by Crippen LogP contribution is 2.48. The summed E-state index contributed by atoms with van der Waals surface area (Å²) in [6, 6.07) is 33.3. The van der Waals surface area contributed by atoms with Crippen molar-refractivity contribution in [1.82, 2.24) is 4.40 Å². The van der Waals surface area contributed by atoms with Crippen molar-refractivity contribution in [2.24, 2.45) is 7.05 Å². The van der Waals surface area contributed by atoms with E-state index in [1.807, 2.05) is 0 Å². The van der Waals surface area contributed by atoms with Crippen molar-refractivity contribution in [1.29, 1.82) is 0 Å². The molecular weight excluding hydrogens is 462 g/mol. The normalized spacial score (nSPS) is 12.2. The zero-order valence-electron chi connectivity index (χ0n) is 22.1. The van der Waals surface area contributed by atoms with Gasteiger partial charge >= 0.3 is 0 Å². The lowest BCUT2D eigenvalue weighted by Gasteiger charge is -2.23. The third kappa shape index (κ3) is 2.56. The zero-order valence-corrected chi connectivity index (χ0v) is 22.1. The maximum Gasteiger partial charge on any atom is 0.224 e. The van der Waals surface area contributed by atoms with Crippen LogP contribution in [0.25, 0.3) is 70.9 Å². The molecule has 3 nitrogen and oxygen atoms in total. The molecule has 0 aliphatic carbocycles. The van der Waals surface area contributed by atoms with Gasteiger partial charge in [-0.05, 0) is 46.5 Å². The molecule has 8 aromatic rings. The highest BCUT2D eigenvalue weighted by atomic mass is 15.1. The smallest absolute Gasteiger partial charge is 0.224 e. The van der Waals surface area contributed by atoms with Crippen molar-refractivity contribution in [2.45, 2.75) is 6.92 Å². The predicted molar refractivity (Wildman–Crippen MR) is 162 cm³/mol. The van der Waals surface area contributed by atoms with E-state index in [-0.39, 0.29) is 0 Å². The number of fused-ring (bicyclic) bond motifs is 7. The minimum absolute atomic E-state index is 1.25. The Hall–Kier alpha value is -4.63. The molecule has 0 fully saturated rings. The zero-order chi connectivity index (χ0) is 25.7. The summed E-state index contributed by atoms with van der Waals surface area (Å²) in [6.07, 6.45) is 2.23. The summed E-state index contributed by atoms with van der Waals surface area (Å²) in [5.74, 6) is 0. The van der Waals surface area contributed by atoms with Crippen molar-refractivity contribution in [2.75, 3.05) is 19.0 Å². The molecule has 182 valence electrons. The standard InChI is InChI=1S/C35H28N3/c1-21-24-14-8-9-15-25(24)32(36(2)3)35-29(21)33-30-23(18-19-37(33)4)20-27(22-12-6-5-7-13-22)31-26-16-10-11-17-28(26)38(35)34(30)31/h5-20H,1-4H3/q+1. The van der Waals surface area contributed by atoms with Gasteiger partial charge in [-0.3, -0.25) is 0 Å². The van der Waals surface area contributed by atoms with E-state index in [1.54, 1.807) is 0 Å². The molecule has 5 aromatic carbocycles. The van der Waals surface area contributed by atoms with E-state index >= 15 is 0 Å². The van der Waals surface area contributed by atoms with Gasteiger partial charge in [0.1, 0.15) is 7.05 Å². The van der Waals surface area contributed by atoms with Crippen LogP contribution in [0.1, 0.15) is 5.56 Å². The Morgan fingerprint density at radius 1 is 0.684 bits per heavy atom. The van der Waals surface area contributed by atoms with Crippen LogP contribution in [0, 0.1) is 6.92 Å². The van der Waals surface area contributed by atoms with Gasteiger partial charge in [0.2, 0.25) is 5.52 Å². The second kappa shape index (κ2) is 7.45. The van der Waals surface area contributed by atoms with Gasteiger partial charge in [0.15, 0.2) is 6.20 Å². The molecule has 0 saturated heterocycles. The Labute approximate surface area is 221 Å². The molecule has 0 N–H and O–H groups in total. The molecule has 8 rings (SSSR count). The van der Waals surface area contributed by atoms with Gasteiger partial charge in [-0.15, -0.1) is 0 Å². The van der Waals surface area contributed by atoms with Crippen LogP contribution in [0.4, 0.5) is 5.69 Å². The first-order valence-corrected chi connectivity index (χ1v) is 13.2. The monoisotopic (exact) mass is 490 g/mol. The van der Waals surface area contributed by atoms with Crippen LogP contribution in [0.3, 0.4) is 0 Å². The van der Waals surface area contributed by atoms with E-state index < -0.39 is 0 Å². The predicted octanol–water partition coefficient (Wildman–Crippen LogP) is 8.01. The van der Waals surface area contributed by atoms with E-state index in [0.29, 0.717) is 0 Å². The fraction of sp³-hybridized carbons (Fsp3) is 0.114. The Morgan fingerprint density at radius 2 is 1.37 bits per heavy atom. The summed E-state index contributed by atoms with van der Waals surface area (Å²) in [5.41, 5.74) is 10.3. The van der Waals surface area contributed by atoms with Gasteiger partial charge in [0, 0.05) is 36.3 Å². The first-order chi connectivity index (χ1) is 18.6. The highest BCUT2D eigenvalue weighted by Gasteiger charge is 2.29. The number of hydrogen-bond donors (Lipinski definition) is 0. The number of para-hydroxylation sites is 1. The Morgan fingerprint density at radius 3 is 2.13 bits per heavy atom. The number of hydrogen-bond acceptors (Lipinski definition) is 1. The maximum atomic E-state index is 2.57. The molecule has 0 amide bonds. The number of benzene rings is 5.